The second kappa shape index (κ2) is 10.6. The zero-order chi connectivity index (χ0) is 4.50. The van der Waals surface area contributed by atoms with E-state index in [1.54, 1.807) is 0 Å². The van der Waals surface area contributed by atoms with Gasteiger partial charge in [0.05, 0.1) is 0 Å². The molecule has 0 fully saturated rings. The van der Waals surface area contributed by atoms with Gasteiger partial charge in [0.1, 0.15) is 0 Å². The average Bonchev–Trinajstić information content (AvgIpc) is 0.722. The van der Waals surface area contributed by atoms with Crippen molar-refractivity contribution in [2.24, 2.45) is 0 Å². The minimum Gasteiger partial charge on any atom is -1.00 e. The van der Waals surface area contributed by atoms with Gasteiger partial charge in [0.25, 0.3) is 0 Å². The Morgan fingerprint density at radius 2 is 1.00 bits per heavy atom. The zero-order valence-electron chi connectivity index (χ0n) is 6.29. The third-order valence-electron chi connectivity index (χ3n) is 0. The fourth-order valence-corrected chi connectivity index (χ4v) is 0. The fraction of sp³-hybridized carbons (Fsp3) is 0. The Morgan fingerprint density at radius 3 is 1.00 bits per heavy atom. The Balaban J connectivity index is -0.00000000800. The molecule has 0 rings (SSSR count). The van der Waals surface area contributed by atoms with Crippen LogP contribution in [0.4, 0.5) is 0 Å². The monoisotopic (exact) mass is 284 g/mol. The van der Waals surface area contributed by atoms with Crippen LogP contribution >= 0.6 is 0 Å². The van der Waals surface area contributed by atoms with Crippen LogP contribution in [0.15, 0.2) is 0 Å². The molecule has 42 valence electrons. The van der Waals surface area contributed by atoms with Crippen molar-refractivity contribution in [3.63, 3.8) is 0 Å². The van der Waals surface area contributed by atoms with Gasteiger partial charge in [-0.1, -0.05) is 0 Å². The minimum atomic E-state index is -4.61. The number of hydrogen-bond donors (Lipinski definition) is 4. The van der Waals surface area contributed by atoms with E-state index in [-0.39, 0.29) is 119 Å². The van der Waals surface area contributed by atoms with Gasteiger partial charge in [-0.05, 0) is 0 Å². The number of hydrogen-bond acceptors (Lipinski definition) is 4. The summed E-state index contributed by atoms with van der Waals surface area (Å²) in [6, 6.07) is 0. The van der Waals surface area contributed by atoms with Crippen molar-refractivity contribution < 1.29 is 120 Å². The molecule has 0 aliphatic carbocycles. The Morgan fingerprint density at radius 1 is 1.00 bits per heavy atom. The summed E-state index contributed by atoms with van der Waals surface area (Å²) in [5, 5.41) is 0. The van der Waals surface area contributed by atoms with Gasteiger partial charge < -0.3 is 22.0 Å². The van der Waals surface area contributed by atoms with Crippen LogP contribution in [0, 0.1) is 0 Å². The molecule has 0 saturated carbocycles. The van der Waals surface area contributed by atoms with E-state index < -0.39 is 9.05 Å². The first kappa shape index (κ1) is 22.6. The van der Waals surface area contributed by atoms with E-state index in [0.29, 0.717) is 0 Å². The predicted octanol–water partition coefficient (Wildman–Crippen LogP) is -9.56. The molecule has 0 spiro atoms. The molecule has 0 atom stereocenters. The van der Waals surface area contributed by atoms with Crippen LogP contribution in [-0.2, 0) is 0 Å². The van der Waals surface area contributed by atoms with Crippen LogP contribution in [0.25, 0.3) is 0 Å². The van der Waals surface area contributed by atoms with Crippen LogP contribution < -0.4 is 98.5 Å². The van der Waals surface area contributed by atoms with Gasteiger partial charge in [0, 0.05) is 0 Å². The minimum absolute atomic E-state index is 0. The molecule has 0 amide bonds. The second-order valence-electron chi connectivity index (χ2n) is 0.600. The average molecular weight is 284 g/mol. The Kier molecular flexibility index (Phi) is 30.0. The molecule has 0 bridgehead atoms. The van der Waals surface area contributed by atoms with Crippen LogP contribution in [0.1, 0.15) is 2.85 Å². The number of rotatable bonds is 0. The third kappa shape index (κ3) is 54.3. The molecule has 0 aromatic heterocycles. The van der Waals surface area contributed by atoms with Gasteiger partial charge in [-0.2, -0.15) is 0 Å². The van der Waals surface area contributed by atoms with Gasteiger partial charge in [-0.3, -0.25) is 0 Å². The molecule has 0 aliphatic rings. The molecule has 8 heavy (non-hydrogen) atoms. The van der Waals surface area contributed by atoms with E-state index in [1.807, 2.05) is 0 Å². The molecule has 0 aliphatic heterocycles. The summed E-state index contributed by atoms with van der Waals surface area (Å²) in [6.07, 6.45) is 0. The predicted molar refractivity (Wildman–Crippen MR) is 26.8 cm³/mol. The molecule has 0 saturated heterocycles. The Bertz CT molecular complexity index is 38.7. The van der Waals surface area contributed by atoms with Gasteiger partial charge in [0.2, 0.25) is 0 Å². The summed E-state index contributed by atoms with van der Waals surface area (Å²) in [5.74, 6) is 0. The zero-order valence-corrected chi connectivity index (χ0v) is 13.6. The SMILES string of the molecule is O[Si](O)(O)O.[AlH3].[Cs+].[H-].[H-].[Na+]. The van der Waals surface area contributed by atoms with E-state index in [0.717, 1.165) is 0 Å². The smallest absolute Gasteiger partial charge is 1.00 e. The van der Waals surface area contributed by atoms with Crippen molar-refractivity contribution in [1.29, 1.82) is 0 Å². The van der Waals surface area contributed by atoms with Crippen LogP contribution in [0.2, 0.25) is 0 Å². The maximum atomic E-state index is 7.33. The molecule has 4 nitrogen and oxygen atoms in total. The maximum absolute atomic E-state index is 7.33. The van der Waals surface area contributed by atoms with Crippen molar-refractivity contribution >= 4 is 26.4 Å². The standard InChI is InChI=1S/Al.Cs.Na.H4O4Si.5H/c;;;1-5(2,3)4;;;;;/h;;;1-4H;;;;;/q;2*+1;;;;;2*-1. The van der Waals surface area contributed by atoms with Crippen molar-refractivity contribution in [3.8, 4) is 0 Å². The molecule has 8 heteroatoms. The summed E-state index contributed by atoms with van der Waals surface area (Å²) < 4.78 is 0. The summed E-state index contributed by atoms with van der Waals surface area (Å²) in [6.45, 7) is 0. The third-order valence-corrected chi connectivity index (χ3v) is 0. The Hall–Kier alpha value is 3.64. The molecule has 0 aromatic rings. The molecular formula is H9AlCsNaO4Si. The van der Waals surface area contributed by atoms with Gasteiger partial charge >= 0.3 is 107 Å². The summed E-state index contributed by atoms with van der Waals surface area (Å²) in [7, 11) is -4.61. The van der Waals surface area contributed by atoms with Crippen molar-refractivity contribution in [1.82, 2.24) is 0 Å². The normalized spacial score (nSPS) is 7.50. The largest absolute Gasteiger partial charge is 1.00 e. The van der Waals surface area contributed by atoms with E-state index in [2.05, 4.69) is 0 Å². The Labute approximate surface area is 143 Å². The van der Waals surface area contributed by atoms with E-state index >= 15 is 0 Å². The molecule has 0 heterocycles. The quantitative estimate of drug-likeness (QED) is 0.333. The van der Waals surface area contributed by atoms with E-state index in [9.17, 15) is 0 Å². The maximum Gasteiger partial charge on any atom is 1.00 e. The summed E-state index contributed by atoms with van der Waals surface area (Å²) in [5.41, 5.74) is 0. The van der Waals surface area contributed by atoms with Gasteiger partial charge in [0.15, 0.2) is 17.4 Å². The van der Waals surface area contributed by atoms with Crippen molar-refractivity contribution in [2.45, 2.75) is 0 Å². The summed E-state index contributed by atoms with van der Waals surface area (Å²) >= 11 is 0. The van der Waals surface area contributed by atoms with Crippen LogP contribution in [-0.4, -0.2) is 45.6 Å². The first-order valence-electron chi connectivity index (χ1n) is 0.894. The molecule has 0 aromatic carbocycles. The van der Waals surface area contributed by atoms with Gasteiger partial charge in [-0.25, -0.2) is 0 Å². The topological polar surface area (TPSA) is 80.9 Å². The van der Waals surface area contributed by atoms with E-state index in [1.165, 1.54) is 0 Å². The summed E-state index contributed by atoms with van der Waals surface area (Å²) in [4.78, 5) is 29.3. The van der Waals surface area contributed by atoms with E-state index in [4.69, 9.17) is 19.2 Å². The van der Waals surface area contributed by atoms with Crippen molar-refractivity contribution in [3.05, 3.63) is 0 Å². The molecular weight excluding hydrogens is 275 g/mol. The fourth-order valence-electron chi connectivity index (χ4n) is 0. The van der Waals surface area contributed by atoms with Crippen LogP contribution in [0.5, 0.6) is 0 Å². The second-order valence-corrected chi connectivity index (χ2v) is 1.80. The van der Waals surface area contributed by atoms with Crippen molar-refractivity contribution in [2.75, 3.05) is 0 Å². The molecule has 0 radical (unpaired) electrons. The molecule has 4 N–H and O–H groups in total. The molecule has 0 unspecified atom stereocenters. The first-order valence-corrected chi connectivity index (χ1v) is 2.68. The van der Waals surface area contributed by atoms with Gasteiger partial charge in [-0.15, -0.1) is 0 Å². The first-order chi connectivity index (χ1) is 2.00. The van der Waals surface area contributed by atoms with Crippen LogP contribution in [0.3, 0.4) is 0 Å².